The first-order valence-electron chi connectivity index (χ1n) is 11.3. The molecule has 1 aliphatic heterocycles. The number of methoxy groups -OCH3 is 1. The maximum absolute atomic E-state index is 12.9. The van der Waals surface area contributed by atoms with E-state index in [1.54, 1.807) is 31.4 Å². The monoisotopic (exact) mass is 465 g/mol. The minimum atomic E-state index is -0.482. The van der Waals surface area contributed by atoms with Crippen LogP contribution in [0, 0.1) is 18.3 Å². The molecule has 5 nitrogen and oxygen atoms in total. The van der Waals surface area contributed by atoms with Crippen molar-refractivity contribution in [3.8, 4) is 11.8 Å². The van der Waals surface area contributed by atoms with Crippen molar-refractivity contribution in [1.82, 2.24) is 0 Å². The van der Waals surface area contributed by atoms with Crippen molar-refractivity contribution in [2.45, 2.75) is 58.9 Å². The number of hydrogen-bond donors (Lipinski definition) is 1. The third-order valence-corrected chi connectivity index (χ3v) is 6.77. The highest BCUT2D eigenvalue weighted by molar-refractivity contribution is 6.31. The van der Waals surface area contributed by atoms with Crippen LogP contribution < -0.4 is 15.0 Å². The second-order valence-electron chi connectivity index (χ2n) is 9.26. The second-order valence-corrected chi connectivity index (χ2v) is 9.67. The number of nitrogens with one attached hydrogen (secondary N) is 1. The molecule has 1 aliphatic rings. The molecule has 0 aliphatic carbocycles. The number of carbonyl (C=O) groups is 1. The molecular formula is C27H32ClN3O2. The number of anilines is 2. The topological polar surface area (TPSA) is 65.4 Å². The van der Waals surface area contributed by atoms with Gasteiger partial charge in [-0.05, 0) is 74.9 Å². The zero-order chi connectivity index (χ0) is 24.3. The number of carbonyl (C=O) groups excluding carboxylic acids is 1. The maximum Gasteiger partial charge on any atom is 0.266 e. The molecule has 2 aromatic carbocycles. The Hall–Kier alpha value is -2.97. The van der Waals surface area contributed by atoms with E-state index in [0.717, 1.165) is 30.6 Å². The smallest absolute Gasteiger partial charge is 0.266 e. The van der Waals surface area contributed by atoms with E-state index in [0.29, 0.717) is 27.9 Å². The van der Waals surface area contributed by atoms with Crippen LogP contribution in [0.4, 0.5) is 11.4 Å². The molecular weight excluding hydrogens is 434 g/mol. The zero-order valence-corrected chi connectivity index (χ0v) is 21.0. The highest BCUT2D eigenvalue weighted by Crippen LogP contribution is 2.46. The van der Waals surface area contributed by atoms with Gasteiger partial charge in [-0.2, -0.15) is 5.26 Å². The van der Waals surface area contributed by atoms with Gasteiger partial charge in [0.05, 0.1) is 7.11 Å². The van der Waals surface area contributed by atoms with Crippen molar-refractivity contribution in [2.24, 2.45) is 0 Å². The summed E-state index contributed by atoms with van der Waals surface area (Å²) in [5.41, 5.74) is 4.46. The van der Waals surface area contributed by atoms with Gasteiger partial charge in [0.15, 0.2) is 0 Å². The Bertz CT molecular complexity index is 1130. The highest BCUT2D eigenvalue weighted by atomic mass is 35.5. The molecule has 0 saturated heterocycles. The molecule has 1 amide bonds. The van der Waals surface area contributed by atoms with E-state index in [9.17, 15) is 10.1 Å². The van der Waals surface area contributed by atoms with Gasteiger partial charge in [0.2, 0.25) is 0 Å². The molecule has 0 fully saturated rings. The van der Waals surface area contributed by atoms with Crippen molar-refractivity contribution >= 4 is 35.0 Å². The van der Waals surface area contributed by atoms with Gasteiger partial charge in [-0.1, -0.05) is 31.5 Å². The van der Waals surface area contributed by atoms with Crippen LogP contribution in [0.25, 0.3) is 6.08 Å². The summed E-state index contributed by atoms with van der Waals surface area (Å²) in [4.78, 5) is 15.3. The Morgan fingerprint density at radius 3 is 2.76 bits per heavy atom. The van der Waals surface area contributed by atoms with E-state index >= 15 is 0 Å². The summed E-state index contributed by atoms with van der Waals surface area (Å²) in [5.74, 6) is 0.498. The molecule has 2 aromatic rings. The largest absolute Gasteiger partial charge is 0.496 e. The molecule has 1 heterocycles. The second kappa shape index (κ2) is 9.89. The van der Waals surface area contributed by atoms with E-state index in [1.165, 1.54) is 5.56 Å². The number of nitrogens with zero attached hydrogens (tertiary/aromatic N) is 2. The number of halogens is 1. The van der Waals surface area contributed by atoms with Crippen LogP contribution in [0.15, 0.2) is 35.9 Å². The van der Waals surface area contributed by atoms with Crippen LogP contribution in [0.5, 0.6) is 5.75 Å². The Labute approximate surface area is 202 Å². The average Bonchev–Trinajstić information content (AvgIpc) is 2.77. The number of hydrogen-bond acceptors (Lipinski definition) is 4. The molecule has 3 rings (SSSR count). The summed E-state index contributed by atoms with van der Waals surface area (Å²) in [6, 6.07) is 11.4. The zero-order valence-electron chi connectivity index (χ0n) is 20.3. The van der Waals surface area contributed by atoms with Gasteiger partial charge in [0, 0.05) is 40.1 Å². The Balaban J connectivity index is 2.03. The SMILES string of the molecule is CCCN1c2cc(OC)c(/C=C(\C#N)C(=O)Nc3cccc(Cl)c3C)cc2C(C)CC1(C)C. The Morgan fingerprint density at radius 1 is 1.39 bits per heavy atom. The Kier molecular flexibility index (Phi) is 7.39. The van der Waals surface area contributed by atoms with Crippen LogP contribution in [0.1, 0.15) is 63.1 Å². The van der Waals surface area contributed by atoms with Crippen LogP contribution in [0.3, 0.4) is 0 Å². The van der Waals surface area contributed by atoms with Crippen LogP contribution in [-0.2, 0) is 4.79 Å². The fourth-order valence-electron chi connectivity index (χ4n) is 4.70. The third kappa shape index (κ3) is 5.02. The molecule has 0 spiro atoms. The minimum absolute atomic E-state index is 0.00170. The number of ether oxygens (including phenoxy) is 1. The van der Waals surface area contributed by atoms with Gasteiger partial charge in [-0.15, -0.1) is 0 Å². The number of nitriles is 1. The quantitative estimate of drug-likeness (QED) is 0.380. The number of fused-ring (bicyclic) bond motifs is 1. The van der Waals surface area contributed by atoms with Crippen molar-refractivity contribution in [3.05, 3.63) is 57.6 Å². The van der Waals surface area contributed by atoms with Gasteiger partial charge in [-0.25, -0.2) is 0 Å². The van der Waals surface area contributed by atoms with Crippen molar-refractivity contribution in [3.63, 3.8) is 0 Å². The summed E-state index contributed by atoms with van der Waals surface area (Å²) in [7, 11) is 1.61. The lowest BCUT2D eigenvalue weighted by Crippen LogP contribution is -2.48. The molecule has 0 radical (unpaired) electrons. The minimum Gasteiger partial charge on any atom is -0.496 e. The molecule has 1 unspecified atom stereocenters. The molecule has 0 bridgehead atoms. The molecule has 33 heavy (non-hydrogen) atoms. The van der Waals surface area contributed by atoms with Crippen LogP contribution in [-0.4, -0.2) is 25.1 Å². The molecule has 0 aromatic heterocycles. The summed E-state index contributed by atoms with van der Waals surface area (Å²) in [5, 5.41) is 13.1. The molecule has 174 valence electrons. The van der Waals surface area contributed by atoms with Crippen molar-refractivity contribution < 1.29 is 9.53 Å². The third-order valence-electron chi connectivity index (χ3n) is 6.37. The normalized spacial score (nSPS) is 17.2. The fraction of sp³-hybridized carbons (Fsp3) is 0.407. The summed E-state index contributed by atoms with van der Waals surface area (Å²) < 4.78 is 5.69. The first kappa shape index (κ1) is 24.7. The number of benzene rings is 2. The standard InChI is InChI=1S/C27H32ClN3O2/c1-7-11-31-24-14-25(33-6)19(13-21(24)17(2)15-27(31,4)5)12-20(16-29)26(32)30-23-10-8-9-22(28)18(23)3/h8-10,12-14,17H,7,11,15H2,1-6H3,(H,30,32)/b20-12+. The summed E-state index contributed by atoms with van der Waals surface area (Å²) >= 11 is 6.16. The van der Waals surface area contributed by atoms with Gasteiger partial charge < -0.3 is 15.0 Å². The van der Waals surface area contributed by atoms with Gasteiger partial charge in [0.1, 0.15) is 17.4 Å². The predicted molar refractivity (Wildman–Crippen MR) is 136 cm³/mol. The van der Waals surface area contributed by atoms with E-state index in [4.69, 9.17) is 16.3 Å². The number of amides is 1. The van der Waals surface area contributed by atoms with Crippen LogP contribution in [0.2, 0.25) is 5.02 Å². The van der Waals surface area contributed by atoms with Gasteiger partial charge in [0.25, 0.3) is 5.91 Å². The summed E-state index contributed by atoms with van der Waals surface area (Å²) in [6.45, 7) is 11.7. The lowest BCUT2D eigenvalue weighted by atomic mass is 9.79. The lowest BCUT2D eigenvalue weighted by Gasteiger charge is -2.47. The van der Waals surface area contributed by atoms with Gasteiger partial charge in [-0.3, -0.25) is 4.79 Å². The maximum atomic E-state index is 12.9. The first-order chi connectivity index (χ1) is 15.6. The molecule has 1 N–H and O–H groups in total. The van der Waals surface area contributed by atoms with Crippen molar-refractivity contribution in [2.75, 3.05) is 23.9 Å². The van der Waals surface area contributed by atoms with E-state index in [-0.39, 0.29) is 11.1 Å². The summed E-state index contributed by atoms with van der Waals surface area (Å²) in [6.07, 6.45) is 3.67. The molecule has 1 atom stereocenters. The molecule has 6 heteroatoms. The number of rotatable bonds is 6. The van der Waals surface area contributed by atoms with Gasteiger partial charge >= 0.3 is 0 Å². The highest BCUT2D eigenvalue weighted by Gasteiger charge is 2.36. The lowest BCUT2D eigenvalue weighted by molar-refractivity contribution is -0.112. The predicted octanol–water partition coefficient (Wildman–Crippen LogP) is 6.70. The van der Waals surface area contributed by atoms with E-state index < -0.39 is 5.91 Å². The average molecular weight is 466 g/mol. The first-order valence-corrected chi connectivity index (χ1v) is 11.7. The Morgan fingerprint density at radius 2 is 2.12 bits per heavy atom. The fourth-order valence-corrected chi connectivity index (χ4v) is 4.87. The van der Waals surface area contributed by atoms with E-state index in [1.807, 2.05) is 19.1 Å². The van der Waals surface area contributed by atoms with E-state index in [2.05, 4.69) is 44.0 Å². The van der Waals surface area contributed by atoms with Crippen molar-refractivity contribution in [1.29, 1.82) is 5.26 Å². The molecule has 0 saturated carbocycles. The van der Waals surface area contributed by atoms with Crippen LogP contribution >= 0.6 is 11.6 Å².